The van der Waals surface area contributed by atoms with Crippen LogP contribution >= 0.6 is 0 Å². The predicted molar refractivity (Wildman–Crippen MR) is 123 cm³/mol. The number of hydrogen-bond donors (Lipinski definition) is 2. The zero-order valence-electron chi connectivity index (χ0n) is 18.0. The van der Waals surface area contributed by atoms with Gasteiger partial charge in [-0.1, -0.05) is 36.4 Å². The van der Waals surface area contributed by atoms with Crippen LogP contribution in [0.4, 0.5) is 0 Å². The number of nitrogens with one attached hydrogen (secondary N) is 2. The van der Waals surface area contributed by atoms with Gasteiger partial charge in [0.2, 0.25) is 0 Å². The van der Waals surface area contributed by atoms with Crippen LogP contribution in [0.5, 0.6) is 5.75 Å². The molecule has 0 aromatic heterocycles. The summed E-state index contributed by atoms with van der Waals surface area (Å²) in [6.45, 7) is 0.530. The molecule has 1 spiro atoms. The minimum Gasteiger partial charge on any atom is -0.487 e. The number of para-hydroxylation sites is 1. The average molecular weight is 442 g/mol. The van der Waals surface area contributed by atoms with Crippen molar-refractivity contribution in [1.29, 1.82) is 0 Å². The van der Waals surface area contributed by atoms with E-state index >= 15 is 0 Å². The van der Waals surface area contributed by atoms with Crippen molar-refractivity contribution in [2.24, 2.45) is 4.99 Å². The summed E-state index contributed by atoms with van der Waals surface area (Å²) in [6, 6.07) is 16.9. The molecule has 4 rings (SSSR count). The van der Waals surface area contributed by atoms with Crippen LogP contribution in [0, 0.1) is 0 Å². The van der Waals surface area contributed by atoms with E-state index in [1.807, 2.05) is 24.3 Å². The zero-order valence-corrected chi connectivity index (χ0v) is 18.8. The normalized spacial score (nSPS) is 20.2. The third kappa shape index (κ3) is 5.03. The number of sulfone groups is 1. The lowest BCUT2D eigenvalue weighted by Gasteiger charge is -2.40. The molecule has 1 saturated carbocycles. The molecule has 1 aliphatic carbocycles. The Kier molecular flexibility index (Phi) is 6.51. The zero-order chi connectivity index (χ0) is 21.7. The van der Waals surface area contributed by atoms with Gasteiger partial charge < -0.3 is 15.4 Å². The number of nitrogens with zero attached hydrogens (tertiary/aromatic N) is 1. The third-order valence-electron chi connectivity index (χ3n) is 6.23. The highest BCUT2D eigenvalue weighted by atomic mass is 32.2. The predicted octanol–water partition coefficient (Wildman–Crippen LogP) is 3.85. The Balaban J connectivity index is 1.36. The van der Waals surface area contributed by atoms with Gasteiger partial charge in [-0.25, -0.2) is 8.42 Å². The van der Waals surface area contributed by atoms with Crippen molar-refractivity contribution in [3.63, 3.8) is 0 Å². The molecule has 1 fully saturated rings. The molecule has 2 aliphatic rings. The standard InChI is InChI=1S/C24H31N3O3S/c1-25-23(26-16-9-17-31(28,29)19-10-3-2-4-11-19)27-21-18-24(14-7-8-15-24)30-22-13-6-5-12-20(21)22/h2-6,10-13,21H,7-9,14-18H2,1H3,(H2,25,26,27). The van der Waals surface area contributed by atoms with Gasteiger partial charge in [-0.2, -0.15) is 0 Å². The molecule has 1 heterocycles. The van der Waals surface area contributed by atoms with Gasteiger partial charge >= 0.3 is 0 Å². The van der Waals surface area contributed by atoms with E-state index in [9.17, 15) is 8.42 Å². The molecule has 2 N–H and O–H groups in total. The Morgan fingerprint density at radius 3 is 2.55 bits per heavy atom. The molecular weight excluding hydrogens is 410 g/mol. The van der Waals surface area contributed by atoms with E-state index in [4.69, 9.17) is 4.74 Å². The highest BCUT2D eigenvalue weighted by Crippen LogP contribution is 2.46. The molecule has 0 saturated heterocycles. The molecule has 1 unspecified atom stereocenters. The lowest BCUT2D eigenvalue weighted by atomic mass is 9.86. The number of aliphatic imine (C=N–C) groups is 1. The van der Waals surface area contributed by atoms with E-state index < -0.39 is 9.84 Å². The second-order valence-corrected chi connectivity index (χ2v) is 10.5. The van der Waals surface area contributed by atoms with Crippen LogP contribution in [-0.4, -0.2) is 39.3 Å². The Morgan fingerprint density at radius 2 is 1.81 bits per heavy atom. The molecule has 2 aromatic rings. The van der Waals surface area contributed by atoms with Gasteiger partial charge in [0.05, 0.1) is 16.7 Å². The summed E-state index contributed by atoms with van der Waals surface area (Å²) in [6.07, 6.45) is 6.00. The first-order valence-corrected chi connectivity index (χ1v) is 12.7. The fourth-order valence-electron chi connectivity index (χ4n) is 4.65. The van der Waals surface area contributed by atoms with Crippen molar-refractivity contribution in [2.75, 3.05) is 19.3 Å². The number of hydrogen-bond acceptors (Lipinski definition) is 4. The molecule has 1 aliphatic heterocycles. The largest absolute Gasteiger partial charge is 0.487 e. The summed E-state index contributed by atoms with van der Waals surface area (Å²) in [5.41, 5.74) is 1.06. The Morgan fingerprint density at radius 1 is 1.10 bits per heavy atom. The molecule has 31 heavy (non-hydrogen) atoms. The van der Waals surface area contributed by atoms with Crippen molar-refractivity contribution in [2.45, 2.75) is 55.1 Å². The number of benzene rings is 2. The average Bonchev–Trinajstić information content (AvgIpc) is 3.23. The van der Waals surface area contributed by atoms with E-state index in [1.54, 1.807) is 31.3 Å². The van der Waals surface area contributed by atoms with Crippen molar-refractivity contribution in [3.05, 3.63) is 60.2 Å². The molecular formula is C24H31N3O3S. The third-order valence-corrected chi connectivity index (χ3v) is 8.05. The summed E-state index contributed by atoms with van der Waals surface area (Å²) in [5, 5.41) is 6.84. The van der Waals surface area contributed by atoms with Crippen molar-refractivity contribution in [1.82, 2.24) is 10.6 Å². The Bertz CT molecular complexity index is 1020. The highest BCUT2D eigenvalue weighted by molar-refractivity contribution is 7.91. The van der Waals surface area contributed by atoms with Gasteiger partial charge in [0.15, 0.2) is 15.8 Å². The first kappa shape index (κ1) is 21.7. The minimum atomic E-state index is -3.26. The van der Waals surface area contributed by atoms with E-state index in [-0.39, 0.29) is 17.4 Å². The summed E-state index contributed by atoms with van der Waals surface area (Å²) < 4.78 is 31.4. The topological polar surface area (TPSA) is 79.8 Å². The van der Waals surface area contributed by atoms with Crippen LogP contribution in [0.25, 0.3) is 0 Å². The molecule has 0 bridgehead atoms. The van der Waals surface area contributed by atoms with Gasteiger partial charge in [-0.15, -0.1) is 0 Å². The molecule has 166 valence electrons. The first-order valence-electron chi connectivity index (χ1n) is 11.0. The van der Waals surface area contributed by atoms with E-state index in [1.165, 1.54) is 12.8 Å². The van der Waals surface area contributed by atoms with Crippen LogP contribution in [0.15, 0.2) is 64.5 Å². The van der Waals surface area contributed by atoms with Crippen molar-refractivity contribution >= 4 is 15.8 Å². The number of guanidine groups is 1. The molecule has 0 amide bonds. The van der Waals surface area contributed by atoms with Gasteiger partial charge in [0.1, 0.15) is 11.4 Å². The van der Waals surface area contributed by atoms with Crippen molar-refractivity contribution < 1.29 is 13.2 Å². The maximum atomic E-state index is 12.5. The maximum Gasteiger partial charge on any atom is 0.191 e. The molecule has 6 nitrogen and oxygen atoms in total. The van der Waals surface area contributed by atoms with E-state index in [2.05, 4.69) is 21.7 Å². The fraction of sp³-hybridized carbons (Fsp3) is 0.458. The molecule has 1 atom stereocenters. The smallest absolute Gasteiger partial charge is 0.191 e. The maximum absolute atomic E-state index is 12.5. The van der Waals surface area contributed by atoms with Gasteiger partial charge in [0.25, 0.3) is 0 Å². The first-order chi connectivity index (χ1) is 15.0. The van der Waals surface area contributed by atoms with E-state index in [0.717, 1.165) is 30.6 Å². The molecule has 0 radical (unpaired) electrons. The number of ether oxygens (including phenoxy) is 1. The van der Waals surface area contributed by atoms with Crippen LogP contribution in [0.1, 0.15) is 50.1 Å². The highest BCUT2D eigenvalue weighted by Gasteiger charge is 2.43. The van der Waals surface area contributed by atoms with E-state index in [0.29, 0.717) is 23.8 Å². The van der Waals surface area contributed by atoms with Crippen LogP contribution in [0.2, 0.25) is 0 Å². The lowest BCUT2D eigenvalue weighted by Crippen LogP contribution is -2.46. The van der Waals surface area contributed by atoms with Gasteiger partial charge in [-0.3, -0.25) is 4.99 Å². The Hall–Kier alpha value is -2.54. The van der Waals surface area contributed by atoms with Crippen LogP contribution in [-0.2, 0) is 9.84 Å². The SMILES string of the molecule is CN=C(NCCCS(=O)(=O)c1ccccc1)NC1CC2(CCCC2)Oc2ccccc21. The van der Waals surface area contributed by atoms with Crippen molar-refractivity contribution in [3.8, 4) is 5.75 Å². The summed E-state index contributed by atoms with van der Waals surface area (Å²) in [4.78, 5) is 4.74. The molecule has 7 heteroatoms. The minimum absolute atomic E-state index is 0.0887. The van der Waals surface area contributed by atoms with Gasteiger partial charge in [0, 0.05) is 25.6 Å². The van der Waals surface area contributed by atoms with Crippen LogP contribution < -0.4 is 15.4 Å². The quantitative estimate of drug-likeness (QED) is 0.404. The fourth-order valence-corrected chi connectivity index (χ4v) is 5.98. The summed E-state index contributed by atoms with van der Waals surface area (Å²) in [7, 11) is -1.52. The second-order valence-electron chi connectivity index (χ2n) is 8.42. The number of fused-ring (bicyclic) bond motifs is 1. The Labute approximate surface area is 185 Å². The van der Waals surface area contributed by atoms with Gasteiger partial charge in [-0.05, 0) is 50.3 Å². The summed E-state index contributed by atoms with van der Waals surface area (Å²) >= 11 is 0. The number of rotatable bonds is 6. The lowest BCUT2D eigenvalue weighted by molar-refractivity contribution is 0.0396. The summed E-state index contributed by atoms with van der Waals surface area (Å²) in [5.74, 6) is 1.74. The molecule has 2 aromatic carbocycles. The monoisotopic (exact) mass is 441 g/mol. The van der Waals surface area contributed by atoms with Crippen LogP contribution in [0.3, 0.4) is 0 Å². The second kappa shape index (κ2) is 9.30.